The summed E-state index contributed by atoms with van der Waals surface area (Å²) in [7, 11) is 0. The molecule has 1 N–H and O–H groups in total. The largest absolute Gasteiger partial charge is 0.468 e. The van der Waals surface area contributed by atoms with Crippen LogP contribution in [0.4, 0.5) is 0 Å². The van der Waals surface area contributed by atoms with Crippen LogP contribution in [0.1, 0.15) is 29.2 Å². The summed E-state index contributed by atoms with van der Waals surface area (Å²) < 4.78 is 5.32. The van der Waals surface area contributed by atoms with E-state index < -0.39 is 0 Å². The fraction of sp³-hybridized carbons (Fsp3) is 0.400. The van der Waals surface area contributed by atoms with E-state index >= 15 is 0 Å². The Bertz CT molecular complexity index is 576. The standard InChI is InChI=1S/C15H18N2O2S/c1-11(13-3-2-7-19-13)16-9-15(18)17-6-4-14-12(10-17)5-8-20-14/h2-3,5,7-8,11,16H,4,6,9-10H2,1H3. The lowest BCUT2D eigenvalue weighted by atomic mass is 10.1. The second-order valence-corrected chi connectivity index (χ2v) is 6.05. The second kappa shape index (κ2) is 5.81. The van der Waals surface area contributed by atoms with E-state index in [0.717, 1.165) is 25.3 Å². The molecule has 0 aliphatic carbocycles. The maximum Gasteiger partial charge on any atom is 0.236 e. The van der Waals surface area contributed by atoms with E-state index in [4.69, 9.17) is 4.42 Å². The van der Waals surface area contributed by atoms with Gasteiger partial charge in [-0.25, -0.2) is 0 Å². The van der Waals surface area contributed by atoms with Gasteiger partial charge >= 0.3 is 0 Å². The Hall–Kier alpha value is -1.59. The molecule has 1 unspecified atom stereocenters. The number of carbonyl (C=O) groups is 1. The van der Waals surface area contributed by atoms with Gasteiger partial charge in [-0.1, -0.05) is 0 Å². The van der Waals surface area contributed by atoms with Crippen LogP contribution in [-0.4, -0.2) is 23.9 Å². The zero-order chi connectivity index (χ0) is 13.9. The number of furan rings is 1. The minimum absolute atomic E-state index is 0.0513. The molecule has 0 fully saturated rings. The van der Waals surface area contributed by atoms with Gasteiger partial charge in [-0.2, -0.15) is 0 Å². The third kappa shape index (κ3) is 2.78. The highest BCUT2D eigenvalue weighted by Crippen LogP contribution is 2.24. The molecule has 0 saturated heterocycles. The Balaban J connectivity index is 1.53. The van der Waals surface area contributed by atoms with E-state index in [2.05, 4.69) is 16.8 Å². The van der Waals surface area contributed by atoms with Crippen molar-refractivity contribution < 1.29 is 9.21 Å². The quantitative estimate of drug-likeness (QED) is 0.941. The van der Waals surface area contributed by atoms with E-state index in [-0.39, 0.29) is 11.9 Å². The molecule has 1 atom stereocenters. The number of nitrogens with one attached hydrogen (secondary N) is 1. The SMILES string of the molecule is CC(NCC(=O)N1CCc2sccc2C1)c1ccco1. The highest BCUT2D eigenvalue weighted by molar-refractivity contribution is 7.10. The zero-order valence-electron chi connectivity index (χ0n) is 11.5. The summed E-state index contributed by atoms with van der Waals surface area (Å²) in [6.07, 6.45) is 2.63. The van der Waals surface area contributed by atoms with Crippen LogP contribution >= 0.6 is 11.3 Å². The fourth-order valence-corrected chi connectivity index (χ4v) is 3.34. The van der Waals surface area contributed by atoms with E-state index in [1.54, 1.807) is 17.6 Å². The molecule has 106 valence electrons. The van der Waals surface area contributed by atoms with Crippen molar-refractivity contribution in [3.05, 3.63) is 46.0 Å². The minimum Gasteiger partial charge on any atom is -0.468 e. The van der Waals surface area contributed by atoms with Crippen LogP contribution in [0.3, 0.4) is 0 Å². The molecule has 0 aromatic carbocycles. The maximum absolute atomic E-state index is 12.2. The molecule has 20 heavy (non-hydrogen) atoms. The number of fused-ring (bicyclic) bond motifs is 1. The van der Waals surface area contributed by atoms with Crippen molar-refractivity contribution in [1.29, 1.82) is 0 Å². The summed E-state index contributed by atoms with van der Waals surface area (Å²) in [6, 6.07) is 5.95. The van der Waals surface area contributed by atoms with Gasteiger partial charge in [-0.3, -0.25) is 10.1 Å². The number of rotatable bonds is 4. The highest BCUT2D eigenvalue weighted by atomic mass is 32.1. The average Bonchev–Trinajstić information content (AvgIpc) is 3.13. The molecule has 3 heterocycles. The van der Waals surface area contributed by atoms with Crippen molar-refractivity contribution in [2.45, 2.75) is 25.9 Å². The minimum atomic E-state index is 0.0513. The summed E-state index contributed by atoms with van der Waals surface area (Å²) in [5.41, 5.74) is 1.30. The van der Waals surface area contributed by atoms with Crippen LogP contribution in [0.2, 0.25) is 0 Å². The van der Waals surface area contributed by atoms with Crippen molar-refractivity contribution in [3.63, 3.8) is 0 Å². The number of hydrogen-bond donors (Lipinski definition) is 1. The van der Waals surface area contributed by atoms with Gasteiger partial charge in [0.1, 0.15) is 5.76 Å². The lowest BCUT2D eigenvalue weighted by Crippen LogP contribution is -2.41. The van der Waals surface area contributed by atoms with Crippen molar-refractivity contribution in [1.82, 2.24) is 10.2 Å². The van der Waals surface area contributed by atoms with Crippen LogP contribution in [0.5, 0.6) is 0 Å². The first-order valence-corrected chi connectivity index (χ1v) is 7.72. The number of amides is 1. The molecule has 1 aliphatic rings. The molecular formula is C15H18N2O2S. The molecule has 0 saturated carbocycles. The monoisotopic (exact) mass is 290 g/mol. The molecule has 4 nitrogen and oxygen atoms in total. The molecular weight excluding hydrogens is 272 g/mol. The first-order chi connectivity index (χ1) is 9.74. The van der Waals surface area contributed by atoms with Gasteiger partial charge in [-0.05, 0) is 42.5 Å². The number of carbonyl (C=O) groups excluding carboxylic acids is 1. The predicted octanol–water partition coefficient (Wildman–Crippen LogP) is 2.58. The van der Waals surface area contributed by atoms with E-state index in [9.17, 15) is 4.79 Å². The third-order valence-corrected chi connectivity index (χ3v) is 4.71. The van der Waals surface area contributed by atoms with Crippen LogP contribution in [-0.2, 0) is 17.8 Å². The molecule has 1 amide bonds. The van der Waals surface area contributed by atoms with Crippen molar-refractivity contribution in [2.24, 2.45) is 0 Å². The topological polar surface area (TPSA) is 45.5 Å². The molecule has 0 bridgehead atoms. The molecule has 0 spiro atoms. The first kappa shape index (κ1) is 13.4. The van der Waals surface area contributed by atoms with E-state index in [0.29, 0.717) is 6.54 Å². The van der Waals surface area contributed by atoms with E-state index in [1.807, 2.05) is 24.0 Å². The maximum atomic E-state index is 12.2. The number of hydrogen-bond acceptors (Lipinski definition) is 4. The van der Waals surface area contributed by atoms with Gasteiger partial charge < -0.3 is 9.32 Å². The summed E-state index contributed by atoms with van der Waals surface area (Å²) in [6.45, 7) is 3.91. The Morgan fingerprint density at radius 3 is 3.25 bits per heavy atom. The number of thiophene rings is 1. The smallest absolute Gasteiger partial charge is 0.236 e. The van der Waals surface area contributed by atoms with E-state index in [1.165, 1.54) is 10.4 Å². The Morgan fingerprint density at radius 2 is 2.45 bits per heavy atom. The molecule has 2 aromatic rings. The predicted molar refractivity (Wildman–Crippen MR) is 78.6 cm³/mol. The second-order valence-electron chi connectivity index (χ2n) is 5.05. The average molecular weight is 290 g/mol. The van der Waals surface area contributed by atoms with Crippen molar-refractivity contribution in [2.75, 3.05) is 13.1 Å². The summed E-state index contributed by atoms with van der Waals surface area (Å²) in [4.78, 5) is 15.6. The van der Waals surface area contributed by atoms with Gasteiger partial charge in [0.15, 0.2) is 0 Å². The summed E-state index contributed by atoms with van der Waals surface area (Å²) in [5.74, 6) is 1.01. The van der Waals surface area contributed by atoms with Crippen LogP contribution in [0.15, 0.2) is 34.3 Å². The molecule has 0 radical (unpaired) electrons. The Morgan fingerprint density at radius 1 is 1.55 bits per heavy atom. The lowest BCUT2D eigenvalue weighted by Gasteiger charge is -2.27. The van der Waals surface area contributed by atoms with Crippen LogP contribution < -0.4 is 5.32 Å². The molecule has 5 heteroatoms. The van der Waals surface area contributed by atoms with Crippen molar-refractivity contribution in [3.8, 4) is 0 Å². The Kier molecular flexibility index (Phi) is 3.89. The highest BCUT2D eigenvalue weighted by Gasteiger charge is 2.21. The lowest BCUT2D eigenvalue weighted by molar-refractivity contribution is -0.131. The molecule has 3 rings (SSSR count). The van der Waals surface area contributed by atoms with Gasteiger partial charge in [0.05, 0.1) is 18.8 Å². The third-order valence-electron chi connectivity index (χ3n) is 3.69. The fourth-order valence-electron chi connectivity index (χ4n) is 2.45. The summed E-state index contributed by atoms with van der Waals surface area (Å²) in [5, 5.41) is 5.32. The van der Waals surface area contributed by atoms with Crippen LogP contribution in [0, 0.1) is 0 Å². The summed E-state index contributed by atoms with van der Waals surface area (Å²) >= 11 is 1.79. The molecule has 1 aliphatic heterocycles. The van der Waals surface area contributed by atoms with Gasteiger partial charge in [-0.15, -0.1) is 11.3 Å². The zero-order valence-corrected chi connectivity index (χ0v) is 12.3. The van der Waals surface area contributed by atoms with Crippen LogP contribution in [0.25, 0.3) is 0 Å². The first-order valence-electron chi connectivity index (χ1n) is 6.84. The van der Waals surface area contributed by atoms with Gasteiger partial charge in [0.25, 0.3) is 0 Å². The Labute approximate surface area is 122 Å². The van der Waals surface area contributed by atoms with Gasteiger partial charge in [0, 0.05) is 18.0 Å². The van der Waals surface area contributed by atoms with Crippen molar-refractivity contribution >= 4 is 17.2 Å². The van der Waals surface area contributed by atoms with Gasteiger partial charge in [0.2, 0.25) is 5.91 Å². The normalized spacial score (nSPS) is 15.9. The molecule has 2 aromatic heterocycles. The number of nitrogens with zero attached hydrogens (tertiary/aromatic N) is 1.